The molecule has 1 aromatic heterocycles. The van der Waals surface area contributed by atoms with Crippen molar-refractivity contribution >= 4 is 12.2 Å². The van der Waals surface area contributed by atoms with Crippen LogP contribution < -0.4 is 0 Å². The Morgan fingerprint density at radius 1 is 1.07 bits per heavy atom. The van der Waals surface area contributed by atoms with Crippen molar-refractivity contribution in [3.05, 3.63) is 59.5 Å². The Hall–Kier alpha value is -1.76. The molecule has 1 nitrogen and oxygen atoms in total. The molecule has 2 aromatic rings. The molecule has 0 unspecified atom stereocenters. The number of hydrogen-bond donors (Lipinski definition) is 0. The molecule has 0 spiro atoms. The first-order valence-corrected chi connectivity index (χ1v) is 4.63. The van der Waals surface area contributed by atoms with E-state index in [0.29, 0.717) is 0 Å². The third kappa shape index (κ3) is 2.13. The van der Waals surface area contributed by atoms with Gasteiger partial charge in [-0.15, -0.1) is 0 Å². The lowest BCUT2D eigenvalue weighted by Gasteiger charge is -1.94. The number of benzene rings is 1. The van der Waals surface area contributed by atoms with Gasteiger partial charge in [0.05, 0.1) is 6.26 Å². The van der Waals surface area contributed by atoms with Crippen molar-refractivity contribution in [3.63, 3.8) is 0 Å². The lowest BCUT2D eigenvalue weighted by atomic mass is 10.1. The Labute approximate surface area is 83.7 Å². The highest BCUT2D eigenvalue weighted by Crippen LogP contribution is 2.09. The van der Waals surface area contributed by atoms with Gasteiger partial charge in [0, 0.05) is 0 Å². The molecule has 2 rings (SSSR count). The fourth-order valence-electron chi connectivity index (χ4n) is 1.34. The summed E-state index contributed by atoms with van der Waals surface area (Å²) in [5, 5.41) is 0. The van der Waals surface area contributed by atoms with Crippen LogP contribution in [0.1, 0.15) is 16.9 Å². The molecule has 0 saturated carbocycles. The second-order valence-corrected chi connectivity index (χ2v) is 3.26. The van der Waals surface area contributed by atoms with Gasteiger partial charge < -0.3 is 4.42 Å². The molecule has 0 radical (unpaired) electrons. The van der Waals surface area contributed by atoms with Gasteiger partial charge in [0.2, 0.25) is 0 Å². The van der Waals surface area contributed by atoms with Crippen molar-refractivity contribution in [2.45, 2.75) is 6.92 Å². The maximum absolute atomic E-state index is 5.20. The molecule has 14 heavy (non-hydrogen) atoms. The summed E-state index contributed by atoms with van der Waals surface area (Å²) in [4.78, 5) is 0. The molecular formula is C13H12O. The molecule has 1 aromatic carbocycles. The van der Waals surface area contributed by atoms with Gasteiger partial charge >= 0.3 is 0 Å². The molecule has 0 saturated heterocycles. The molecule has 1 heteroatoms. The molecular weight excluding hydrogens is 172 g/mol. The Bertz CT molecular complexity index is 424. The smallest absolute Gasteiger partial charge is 0.126 e. The molecule has 1 heterocycles. The summed E-state index contributed by atoms with van der Waals surface area (Å²) in [5.41, 5.74) is 2.47. The highest BCUT2D eigenvalue weighted by Gasteiger charge is 1.89. The summed E-state index contributed by atoms with van der Waals surface area (Å²) in [6, 6.07) is 12.2. The van der Waals surface area contributed by atoms with Gasteiger partial charge in [-0.25, -0.2) is 0 Å². The van der Waals surface area contributed by atoms with Gasteiger partial charge in [-0.3, -0.25) is 0 Å². The van der Waals surface area contributed by atoms with Gasteiger partial charge in [0.25, 0.3) is 0 Å². The van der Waals surface area contributed by atoms with Crippen LogP contribution in [0.2, 0.25) is 0 Å². The highest BCUT2D eigenvalue weighted by atomic mass is 16.3. The molecule has 0 aliphatic heterocycles. The number of furan rings is 1. The first-order chi connectivity index (χ1) is 6.84. The van der Waals surface area contributed by atoms with Crippen LogP contribution in [-0.4, -0.2) is 0 Å². The normalized spacial score (nSPS) is 10.9. The Balaban J connectivity index is 2.18. The molecule has 0 fully saturated rings. The molecule has 0 N–H and O–H groups in total. The van der Waals surface area contributed by atoms with Crippen molar-refractivity contribution in [1.29, 1.82) is 0 Å². The SMILES string of the molecule is Cc1cccc(/C=C/c2ccco2)c1. The second-order valence-electron chi connectivity index (χ2n) is 3.26. The van der Waals surface area contributed by atoms with E-state index in [1.54, 1.807) is 6.26 Å². The van der Waals surface area contributed by atoms with Crippen molar-refractivity contribution in [2.24, 2.45) is 0 Å². The van der Waals surface area contributed by atoms with Gasteiger partial charge in [0.1, 0.15) is 5.76 Å². The fraction of sp³-hybridized carbons (Fsp3) is 0.0769. The number of aryl methyl sites for hydroxylation is 1. The van der Waals surface area contributed by atoms with E-state index in [1.807, 2.05) is 24.3 Å². The first kappa shape index (κ1) is 8.82. The average Bonchev–Trinajstić information content (AvgIpc) is 2.67. The molecule has 0 amide bonds. The monoisotopic (exact) mass is 184 g/mol. The van der Waals surface area contributed by atoms with E-state index in [0.717, 1.165) is 5.76 Å². The molecule has 0 aliphatic rings. The molecule has 70 valence electrons. The van der Waals surface area contributed by atoms with E-state index in [2.05, 4.69) is 31.2 Å². The largest absolute Gasteiger partial charge is 0.465 e. The van der Waals surface area contributed by atoms with E-state index in [4.69, 9.17) is 4.42 Å². The third-order valence-electron chi connectivity index (χ3n) is 2.03. The van der Waals surface area contributed by atoms with Crippen LogP contribution >= 0.6 is 0 Å². The summed E-state index contributed by atoms with van der Waals surface area (Å²) < 4.78 is 5.20. The van der Waals surface area contributed by atoms with Gasteiger partial charge in [-0.2, -0.15) is 0 Å². The van der Waals surface area contributed by atoms with Crippen molar-refractivity contribution in [3.8, 4) is 0 Å². The Morgan fingerprint density at radius 3 is 2.71 bits per heavy atom. The number of rotatable bonds is 2. The highest BCUT2D eigenvalue weighted by molar-refractivity contribution is 5.67. The maximum atomic E-state index is 5.20. The van der Waals surface area contributed by atoms with E-state index < -0.39 is 0 Å². The van der Waals surface area contributed by atoms with Crippen LogP contribution in [0, 0.1) is 6.92 Å². The molecule has 0 bridgehead atoms. The van der Waals surface area contributed by atoms with E-state index >= 15 is 0 Å². The summed E-state index contributed by atoms with van der Waals surface area (Å²) in [5.74, 6) is 0.881. The number of hydrogen-bond acceptors (Lipinski definition) is 1. The summed E-state index contributed by atoms with van der Waals surface area (Å²) in [6.07, 6.45) is 5.69. The quantitative estimate of drug-likeness (QED) is 0.692. The van der Waals surface area contributed by atoms with Crippen molar-refractivity contribution in [1.82, 2.24) is 0 Å². The van der Waals surface area contributed by atoms with Gasteiger partial charge in [-0.1, -0.05) is 35.9 Å². The zero-order valence-electron chi connectivity index (χ0n) is 8.10. The minimum atomic E-state index is 0.881. The lowest BCUT2D eigenvalue weighted by Crippen LogP contribution is -1.73. The Kier molecular flexibility index (Phi) is 2.50. The summed E-state index contributed by atoms with van der Waals surface area (Å²) in [7, 11) is 0. The minimum Gasteiger partial charge on any atom is -0.465 e. The minimum absolute atomic E-state index is 0.881. The zero-order valence-corrected chi connectivity index (χ0v) is 8.10. The van der Waals surface area contributed by atoms with Crippen LogP contribution in [0.5, 0.6) is 0 Å². The summed E-state index contributed by atoms with van der Waals surface area (Å²) >= 11 is 0. The predicted molar refractivity (Wildman–Crippen MR) is 58.8 cm³/mol. The zero-order chi connectivity index (χ0) is 9.80. The van der Waals surface area contributed by atoms with E-state index in [-0.39, 0.29) is 0 Å². The van der Waals surface area contributed by atoms with Crippen LogP contribution in [0.15, 0.2) is 47.1 Å². The molecule has 0 atom stereocenters. The average molecular weight is 184 g/mol. The maximum Gasteiger partial charge on any atom is 0.126 e. The lowest BCUT2D eigenvalue weighted by molar-refractivity contribution is 0.557. The van der Waals surface area contributed by atoms with Crippen LogP contribution in [-0.2, 0) is 0 Å². The Morgan fingerprint density at radius 2 is 2.00 bits per heavy atom. The topological polar surface area (TPSA) is 13.1 Å². The van der Waals surface area contributed by atoms with Gasteiger partial charge in [0.15, 0.2) is 0 Å². The van der Waals surface area contributed by atoms with Crippen molar-refractivity contribution in [2.75, 3.05) is 0 Å². The van der Waals surface area contributed by atoms with Crippen molar-refractivity contribution < 1.29 is 4.42 Å². The van der Waals surface area contributed by atoms with Crippen LogP contribution in [0.4, 0.5) is 0 Å². The van der Waals surface area contributed by atoms with E-state index in [9.17, 15) is 0 Å². The summed E-state index contributed by atoms with van der Waals surface area (Å²) in [6.45, 7) is 2.09. The van der Waals surface area contributed by atoms with Crippen LogP contribution in [0.25, 0.3) is 12.2 Å². The van der Waals surface area contributed by atoms with Crippen LogP contribution in [0.3, 0.4) is 0 Å². The van der Waals surface area contributed by atoms with Gasteiger partial charge in [-0.05, 0) is 30.7 Å². The fourth-order valence-corrected chi connectivity index (χ4v) is 1.34. The standard InChI is InChI=1S/C13H12O/c1-11-4-2-5-12(10-11)7-8-13-6-3-9-14-13/h2-10H,1H3/b8-7+. The van der Waals surface area contributed by atoms with E-state index in [1.165, 1.54) is 11.1 Å². The third-order valence-corrected chi connectivity index (χ3v) is 2.03. The molecule has 0 aliphatic carbocycles. The predicted octanol–water partition coefficient (Wildman–Crippen LogP) is 3.76. The second kappa shape index (κ2) is 3.97. The first-order valence-electron chi connectivity index (χ1n) is 4.63.